The molecule has 0 aliphatic carbocycles. The van der Waals surface area contributed by atoms with E-state index in [0.717, 1.165) is 12.8 Å². The lowest BCUT2D eigenvalue weighted by atomic mass is 10.1. The van der Waals surface area contributed by atoms with Gasteiger partial charge in [0.1, 0.15) is 0 Å². The van der Waals surface area contributed by atoms with Crippen LogP contribution in [0.5, 0.6) is 0 Å². The van der Waals surface area contributed by atoms with Gasteiger partial charge in [0.25, 0.3) is 12.9 Å². The standard InChI is InChI=1S/C10H18O4/c1-2-3-4-5-6-7-10(13-8-11)14-9-12/h8-10H,2-7H2,1H3. The van der Waals surface area contributed by atoms with E-state index in [-0.39, 0.29) is 0 Å². The summed E-state index contributed by atoms with van der Waals surface area (Å²) in [6.07, 6.45) is 5.45. The van der Waals surface area contributed by atoms with Crippen molar-refractivity contribution in [3.63, 3.8) is 0 Å². The SMILES string of the molecule is CCCCCCCC(OC=O)OC=O. The van der Waals surface area contributed by atoms with E-state index in [2.05, 4.69) is 16.4 Å². The van der Waals surface area contributed by atoms with Gasteiger partial charge in [-0.2, -0.15) is 0 Å². The molecule has 0 aromatic heterocycles. The summed E-state index contributed by atoms with van der Waals surface area (Å²) in [4.78, 5) is 20.0. The number of unbranched alkanes of at least 4 members (excludes halogenated alkanes) is 4. The average Bonchev–Trinajstić information content (AvgIpc) is 2.18. The third-order valence-electron chi connectivity index (χ3n) is 1.96. The summed E-state index contributed by atoms with van der Waals surface area (Å²) in [5.41, 5.74) is 0. The topological polar surface area (TPSA) is 52.6 Å². The Morgan fingerprint density at radius 1 is 1.00 bits per heavy atom. The van der Waals surface area contributed by atoms with Gasteiger partial charge >= 0.3 is 0 Å². The Morgan fingerprint density at radius 2 is 1.57 bits per heavy atom. The summed E-state index contributed by atoms with van der Waals surface area (Å²) in [5.74, 6) is 0. The van der Waals surface area contributed by atoms with E-state index >= 15 is 0 Å². The lowest BCUT2D eigenvalue weighted by Gasteiger charge is -2.11. The van der Waals surface area contributed by atoms with Crippen molar-refractivity contribution in [2.24, 2.45) is 0 Å². The summed E-state index contributed by atoms with van der Waals surface area (Å²) < 4.78 is 9.11. The first-order chi connectivity index (χ1) is 6.85. The number of carbonyl (C=O) groups excluding carboxylic acids is 2. The van der Waals surface area contributed by atoms with Crippen LogP contribution >= 0.6 is 0 Å². The Kier molecular flexibility index (Phi) is 9.26. The molecule has 0 aliphatic rings. The maximum Gasteiger partial charge on any atom is 0.296 e. The third-order valence-corrected chi connectivity index (χ3v) is 1.96. The first-order valence-electron chi connectivity index (χ1n) is 5.03. The fraction of sp³-hybridized carbons (Fsp3) is 0.800. The van der Waals surface area contributed by atoms with Crippen molar-refractivity contribution in [3.05, 3.63) is 0 Å². The Balaban J connectivity index is 3.39. The minimum absolute atomic E-state index is 0.306. The van der Waals surface area contributed by atoms with Crippen molar-refractivity contribution >= 4 is 12.9 Å². The molecule has 0 fully saturated rings. The Morgan fingerprint density at radius 3 is 2.07 bits per heavy atom. The molecule has 0 atom stereocenters. The van der Waals surface area contributed by atoms with E-state index in [1.54, 1.807) is 0 Å². The van der Waals surface area contributed by atoms with Gasteiger partial charge in [-0.25, -0.2) is 0 Å². The minimum Gasteiger partial charge on any atom is -0.427 e. The van der Waals surface area contributed by atoms with Gasteiger partial charge in [0.2, 0.25) is 6.29 Å². The van der Waals surface area contributed by atoms with Crippen molar-refractivity contribution in [2.75, 3.05) is 0 Å². The molecule has 4 heteroatoms. The predicted molar refractivity (Wildman–Crippen MR) is 51.5 cm³/mol. The largest absolute Gasteiger partial charge is 0.427 e. The van der Waals surface area contributed by atoms with Gasteiger partial charge in [-0.05, 0) is 6.42 Å². The van der Waals surface area contributed by atoms with Crippen LogP contribution in [0, 0.1) is 0 Å². The van der Waals surface area contributed by atoms with Crippen LogP contribution in [0.3, 0.4) is 0 Å². The van der Waals surface area contributed by atoms with Gasteiger partial charge in [0, 0.05) is 6.42 Å². The molecule has 0 saturated heterocycles. The first-order valence-corrected chi connectivity index (χ1v) is 5.03. The zero-order valence-electron chi connectivity index (χ0n) is 8.61. The molecule has 82 valence electrons. The molecule has 14 heavy (non-hydrogen) atoms. The van der Waals surface area contributed by atoms with Crippen LogP contribution in [-0.4, -0.2) is 19.2 Å². The van der Waals surface area contributed by atoms with Crippen LogP contribution in [0.1, 0.15) is 45.4 Å². The fourth-order valence-corrected chi connectivity index (χ4v) is 1.21. The third kappa shape index (κ3) is 7.58. The average molecular weight is 202 g/mol. The normalized spacial score (nSPS) is 9.86. The highest BCUT2D eigenvalue weighted by atomic mass is 16.7. The molecule has 0 spiro atoms. The Hall–Kier alpha value is -1.06. The second-order valence-electron chi connectivity index (χ2n) is 3.10. The molecule has 0 rings (SSSR count). The maximum atomic E-state index is 10.0. The van der Waals surface area contributed by atoms with Crippen molar-refractivity contribution in [2.45, 2.75) is 51.7 Å². The Labute approximate surface area is 84.6 Å². The first kappa shape index (κ1) is 12.9. The monoisotopic (exact) mass is 202 g/mol. The number of rotatable bonds is 10. The van der Waals surface area contributed by atoms with Crippen molar-refractivity contribution < 1.29 is 19.1 Å². The molecule has 0 radical (unpaired) electrons. The lowest BCUT2D eigenvalue weighted by molar-refractivity contribution is -0.170. The molecular formula is C10H18O4. The predicted octanol–water partition coefficient (Wildman–Crippen LogP) is 2.02. The van der Waals surface area contributed by atoms with Gasteiger partial charge in [0.05, 0.1) is 0 Å². The molecule has 0 heterocycles. The molecule has 0 saturated carbocycles. The zero-order valence-corrected chi connectivity index (χ0v) is 8.61. The molecule has 0 unspecified atom stereocenters. The van der Waals surface area contributed by atoms with Crippen molar-refractivity contribution in [1.29, 1.82) is 0 Å². The number of hydrogen-bond acceptors (Lipinski definition) is 4. The minimum atomic E-state index is -0.702. The molecule has 0 amide bonds. The van der Waals surface area contributed by atoms with E-state index < -0.39 is 6.29 Å². The number of ether oxygens (including phenoxy) is 2. The van der Waals surface area contributed by atoms with Crippen LogP contribution in [0.4, 0.5) is 0 Å². The van der Waals surface area contributed by atoms with Gasteiger partial charge in [-0.3, -0.25) is 9.59 Å². The van der Waals surface area contributed by atoms with Crippen LogP contribution in [0.25, 0.3) is 0 Å². The van der Waals surface area contributed by atoms with Crippen LogP contribution in [0.2, 0.25) is 0 Å². The molecule has 0 bridgehead atoms. The molecule has 0 N–H and O–H groups in total. The highest BCUT2D eigenvalue weighted by Gasteiger charge is 2.08. The van der Waals surface area contributed by atoms with Gasteiger partial charge < -0.3 is 9.47 Å². The number of hydrogen-bond donors (Lipinski definition) is 0. The van der Waals surface area contributed by atoms with Crippen LogP contribution in [-0.2, 0) is 19.1 Å². The van der Waals surface area contributed by atoms with Gasteiger partial charge in [-0.1, -0.05) is 32.6 Å². The van der Waals surface area contributed by atoms with Crippen molar-refractivity contribution in [3.8, 4) is 0 Å². The van der Waals surface area contributed by atoms with E-state index in [1.807, 2.05) is 0 Å². The second-order valence-corrected chi connectivity index (χ2v) is 3.10. The summed E-state index contributed by atoms with van der Waals surface area (Å²) in [6.45, 7) is 2.76. The van der Waals surface area contributed by atoms with Crippen molar-refractivity contribution in [1.82, 2.24) is 0 Å². The maximum absolute atomic E-state index is 10.0. The second kappa shape index (κ2) is 10.0. The van der Waals surface area contributed by atoms with Gasteiger partial charge in [0.15, 0.2) is 0 Å². The summed E-state index contributed by atoms with van der Waals surface area (Å²) in [5, 5.41) is 0. The Bertz CT molecular complexity index is 137. The fourth-order valence-electron chi connectivity index (χ4n) is 1.21. The zero-order chi connectivity index (χ0) is 10.6. The highest BCUT2D eigenvalue weighted by molar-refractivity contribution is 5.39. The van der Waals surface area contributed by atoms with E-state index in [0.29, 0.717) is 19.4 Å². The van der Waals surface area contributed by atoms with E-state index in [9.17, 15) is 9.59 Å². The lowest BCUT2D eigenvalue weighted by Crippen LogP contribution is -2.15. The van der Waals surface area contributed by atoms with E-state index in [4.69, 9.17) is 0 Å². The molecule has 4 nitrogen and oxygen atoms in total. The molecule has 0 aromatic carbocycles. The van der Waals surface area contributed by atoms with Gasteiger partial charge in [-0.15, -0.1) is 0 Å². The smallest absolute Gasteiger partial charge is 0.296 e. The molecular weight excluding hydrogens is 184 g/mol. The van der Waals surface area contributed by atoms with Crippen LogP contribution < -0.4 is 0 Å². The summed E-state index contributed by atoms with van der Waals surface area (Å²) in [7, 11) is 0. The highest BCUT2D eigenvalue weighted by Crippen LogP contribution is 2.09. The number of carbonyl (C=O) groups is 2. The molecule has 0 aromatic rings. The van der Waals surface area contributed by atoms with E-state index in [1.165, 1.54) is 19.3 Å². The quantitative estimate of drug-likeness (QED) is 0.309. The summed E-state index contributed by atoms with van der Waals surface area (Å²) in [6, 6.07) is 0. The molecule has 0 aliphatic heterocycles. The summed E-state index contributed by atoms with van der Waals surface area (Å²) >= 11 is 0. The van der Waals surface area contributed by atoms with Crippen LogP contribution in [0.15, 0.2) is 0 Å².